The normalized spacial score (nSPS) is 10.6. The molecule has 0 radical (unpaired) electrons. The Morgan fingerprint density at radius 1 is 0.417 bits per heavy atom. The van der Waals surface area contributed by atoms with Gasteiger partial charge in [0.05, 0.1) is 28.9 Å². The SMILES string of the molecule is CCCCCCCCCCCOP(=O)([O-])[O-].CCCCCCCCCCCOP(=O)([O-])[O-].[Na+].[Na+].[Na+].[Na+]. The Balaban J connectivity index is -0.000000112. The fourth-order valence-corrected chi connectivity index (χ4v) is 3.88. The first-order chi connectivity index (χ1) is 15.1. The Labute approximate surface area is 310 Å². The summed E-state index contributed by atoms with van der Waals surface area (Å²) < 4.78 is 28.5. The summed E-state index contributed by atoms with van der Waals surface area (Å²) in [6.45, 7) is 4.48. The van der Waals surface area contributed by atoms with Gasteiger partial charge < -0.3 is 37.8 Å². The summed E-state index contributed by atoms with van der Waals surface area (Å²) in [7, 11) is -9.48. The van der Waals surface area contributed by atoms with Gasteiger partial charge in [0.2, 0.25) is 0 Å². The molecule has 0 spiro atoms. The Hall–Kier alpha value is 4.22. The Morgan fingerprint density at radius 3 is 0.806 bits per heavy atom. The minimum atomic E-state index is -4.74. The molecule has 36 heavy (non-hydrogen) atoms. The average molecular weight is 593 g/mol. The van der Waals surface area contributed by atoms with Crippen molar-refractivity contribution in [3.05, 3.63) is 0 Å². The fraction of sp³-hybridized carbons (Fsp3) is 1.00. The van der Waals surface area contributed by atoms with E-state index < -0.39 is 15.6 Å². The summed E-state index contributed by atoms with van der Waals surface area (Å²) >= 11 is 0. The van der Waals surface area contributed by atoms with E-state index in [2.05, 4.69) is 22.9 Å². The molecular weight excluding hydrogens is 546 g/mol. The number of hydrogen-bond acceptors (Lipinski definition) is 8. The Morgan fingerprint density at radius 2 is 0.611 bits per heavy atom. The molecule has 196 valence electrons. The van der Waals surface area contributed by atoms with Gasteiger partial charge in [0.25, 0.3) is 0 Å². The van der Waals surface area contributed by atoms with Crippen LogP contribution >= 0.6 is 15.6 Å². The van der Waals surface area contributed by atoms with Crippen LogP contribution in [0.1, 0.15) is 129 Å². The van der Waals surface area contributed by atoms with Gasteiger partial charge in [0, 0.05) is 0 Å². The van der Waals surface area contributed by atoms with Crippen LogP contribution in [0.15, 0.2) is 0 Å². The van der Waals surface area contributed by atoms with Crippen molar-refractivity contribution in [2.75, 3.05) is 13.2 Å². The monoisotopic (exact) mass is 592 g/mol. The Bertz CT molecular complexity index is 441. The molecule has 0 aromatic carbocycles. The van der Waals surface area contributed by atoms with Crippen molar-refractivity contribution in [3.8, 4) is 0 Å². The molecular formula is C22H46Na4O8P2. The molecule has 8 nitrogen and oxygen atoms in total. The van der Waals surface area contributed by atoms with Crippen LogP contribution in [0.3, 0.4) is 0 Å². The van der Waals surface area contributed by atoms with E-state index >= 15 is 0 Å². The van der Waals surface area contributed by atoms with Crippen molar-refractivity contribution >= 4 is 15.6 Å². The van der Waals surface area contributed by atoms with Crippen LogP contribution in [-0.2, 0) is 18.2 Å². The maximum atomic E-state index is 10.1. The molecule has 0 saturated heterocycles. The van der Waals surface area contributed by atoms with Crippen LogP contribution in [0.5, 0.6) is 0 Å². The maximum absolute atomic E-state index is 10.1. The fourth-order valence-electron chi connectivity index (χ4n) is 3.18. The molecule has 0 fully saturated rings. The second kappa shape index (κ2) is 39.2. The van der Waals surface area contributed by atoms with E-state index in [-0.39, 0.29) is 131 Å². The molecule has 14 heteroatoms. The minimum absolute atomic E-state index is 0. The predicted molar refractivity (Wildman–Crippen MR) is 122 cm³/mol. The smallest absolute Gasteiger partial charge is 0.790 e. The van der Waals surface area contributed by atoms with Gasteiger partial charge in [-0.05, 0) is 12.8 Å². The van der Waals surface area contributed by atoms with E-state index in [1.807, 2.05) is 0 Å². The van der Waals surface area contributed by atoms with Crippen LogP contribution in [0.25, 0.3) is 0 Å². The van der Waals surface area contributed by atoms with Crippen LogP contribution in [0, 0.1) is 0 Å². The predicted octanol–water partition coefficient (Wildman–Crippen LogP) is -7.26. The first-order valence-corrected chi connectivity index (χ1v) is 15.4. The van der Waals surface area contributed by atoms with Gasteiger partial charge in [-0.2, -0.15) is 0 Å². The van der Waals surface area contributed by atoms with Crippen molar-refractivity contribution in [2.45, 2.75) is 129 Å². The van der Waals surface area contributed by atoms with Crippen molar-refractivity contribution < 1.29 is 156 Å². The average Bonchev–Trinajstić information content (AvgIpc) is 2.70. The van der Waals surface area contributed by atoms with E-state index in [9.17, 15) is 28.7 Å². The molecule has 0 heterocycles. The summed E-state index contributed by atoms with van der Waals surface area (Å²) in [5.41, 5.74) is 0. The largest absolute Gasteiger partial charge is 1.00 e. The molecule has 0 atom stereocenters. The topological polar surface area (TPSA) is 145 Å². The van der Waals surface area contributed by atoms with Crippen molar-refractivity contribution in [1.29, 1.82) is 0 Å². The molecule has 0 aromatic heterocycles. The standard InChI is InChI=1S/2C11H25O4P.4Na/c2*1-2-3-4-5-6-7-8-9-10-11-15-16(12,13)14;;;;/h2*2-11H2,1H3,(H2,12,13,14);;;;/q;;4*+1/p-4. The summed E-state index contributed by atoms with van der Waals surface area (Å²) in [4.78, 5) is 40.5. The van der Waals surface area contributed by atoms with Crippen LogP contribution in [-0.4, -0.2) is 13.2 Å². The number of rotatable bonds is 22. The van der Waals surface area contributed by atoms with Crippen molar-refractivity contribution in [1.82, 2.24) is 0 Å². The number of phosphoric acid groups is 2. The summed E-state index contributed by atoms with van der Waals surface area (Å²) in [5, 5.41) is 0. The minimum Gasteiger partial charge on any atom is -0.790 e. The third-order valence-electron chi connectivity index (χ3n) is 4.99. The van der Waals surface area contributed by atoms with Gasteiger partial charge in [-0.15, -0.1) is 0 Å². The zero-order chi connectivity index (χ0) is 24.6. The quantitative estimate of drug-likeness (QED) is 0.0686. The molecule has 0 unspecified atom stereocenters. The summed E-state index contributed by atoms with van der Waals surface area (Å²) in [6.07, 6.45) is 20.6. The van der Waals surface area contributed by atoms with Crippen molar-refractivity contribution in [3.63, 3.8) is 0 Å². The van der Waals surface area contributed by atoms with Gasteiger partial charge in [0.15, 0.2) is 0 Å². The maximum Gasteiger partial charge on any atom is 1.00 e. The number of phosphoric ester groups is 2. The molecule has 0 amide bonds. The molecule has 0 N–H and O–H groups in total. The summed E-state index contributed by atoms with van der Waals surface area (Å²) in [5.74, 6) is 0. The summed E-state index contributed by atoms with van der Waals surface area (Å²) in [6, 6.07) is 0. The van der Waals surface area contributed by atoms with E-state index in [4.69, 9.17) is 0 Å². The van der Waals surface area contributed by atoms with Gasteiger partial charge in [-0.1, -0.05) is 117 Å². The zero-order valence-corrected chi connectivity index (χ0v) is 34.1. The first-order valence-electron chi connectivity index (χ1n) is 12.5. The second-order valence-corrected chi connectivity index (χ2v) is 10.5. The van der Waals surface area contributed by atoms with Crippen LogP contribution in [0.4, 0.5) is 0 Å². The number of unbranched alkanes of at least 4 members (excludes halogenated alkanes) is 16. The van der Waals surface area contributed by atoms with Gasteiger partial charge in [-0.25, -0.2) is 0 Å². The van der Waals surface area contributed by atoms with E-state index in [0.29, 0.717) is 12.8 Å². The van der Waals surface area contributed by atoms with Crippen LogP contribution < -0.4 is 138 Å². The first kappa shape index (κ1) is 52.8. The van der Waals surface area contributed by atoms with E-state index in [1.165, 1.54) is 77.0 Å². The molecule has 0 bridgehead atoms. The second-order valence-electron chi connectivity index (χ2n) is 8.22. The molecule has 0 aliphatic rings. The molecule has 0 saturated carbocycles. The zero-order valence-electron chi connectivity index (χ0n) is 24.3. The third-order valence-corrected chi connectivity index (χ3v) is 5.99. The molecule has 0 rings (SSSR count). The van der Waals surface area contributed by atoms with E-state index in [1.54, 1.807) is 0 Å². The third kappa shape index (κ3) is 58.0. The molecule has 0 aromatic rings. The number of hydrogen-bond donors (Lipinski definition) is 0. The van der Waals surface area contributed by atoms with E-state index in [0.717, 1.165) is 25.7 Å². The Kier molecular flexibility index (Phi) is 57.6. The van der Waals surface area contributed by atoms with Gasteiger partial charge in [-0.3, -0.25) is 0 Å². The molecule has 0 aliphatic heterocycles. The molecule has 0 aliphatic carbocycles. The van der Waals surface area contributed by atoms with Gasteiger partial charge >= 0.3 is 118 Å². The van der Waals surface area contributed by atoms with Crippen LogP contribution in [0.2, 0.25) is 0 Å². The van der Waals surface area contributed by atoms with Crippen molar-refractivity contribution in [2.24, 2.45) is 0 Å². The van der Waals surface area contributed by atoms with Gasteiger partial charge in [0.1, 0.15) is 0 Å².